The van der Waals surface area contributed by atoms with E-state index in [4.69, 9.17) is 0 Å². The summed E-state index contributed by atoms with van der Waals surface area (Å²) in [5.41, 5.74) is 2.24. The first-order valence-electron chi connectivity index (χ1n) is 11.5. The van der Waals surface area contributed by atoms with Crippen molar-refractivity contribution < 1.29 is 26.7 Å². The number of nitrogens with one attached hydrogen (secondary N) is 2. The molecular weight excluding hydrogens is 453 g/mol. The van der Waals surface area contributed by atoms with Crippen LogP contribution in [-0.4, -0.2) is 31.8 Å². The van der Waals surface area contributed by atoms with Gasteiger partial charge >= 0.3 is 6.18 Å². The fourth-order valence-electron chi connectivity index (χ4n) is 3.53. The summed E-state index contributed by atoms with van der Waals surface area (Å²) in [7, 11) is 0. The SMILES string of the molecule is CCN(CC)c1cc(NCc2ccc(C(F)(F)F)cc2)ccc1NC(=O)CCCC[C@H](F)CF. The number of alkyl halides is 5. The average Bonchev–Trinajstić information content (AvgIpc) is 2.82. The summed E-state index contributed by atoms with van der Waals surface area (Å²) < 4.78 is 63.4. The molecule has 188 valence electrons. The molecule has 0 bridgehead atoms. The fourth-order valence-corrected chi connectivity index (χ4v) is 3.53. The molecule has 0 aliphatic carbocycles. The molecule has 1 amide bonds. The topological polar surface area (TPSA) is 44.4 Å². The second-order valence-electron chi connectivity index (χ2n) is 8.00. The Balaban J connectivity index is 2.04. The number of unbranched alkanes of at least 4 members (excludes halogenated alkanes) is 1. The molecule has 4 nitrogen and oxygen atoms in total. The lowest BCUT2D eigenvalue weighted by Crippen LogP contribution is -2.24. The van der Waals surface area contributed by atoms with Gasteiger partial charge in [-0.3, -0.25) is 4.79 Å². The zero-order valence-corrected chi connectivity index (χ0v) is 19.5. The Bertz CT molecular complexity index is 898. The van der Waals surface area contributed by atoms with Gasteiger partial charge < -0.3 is 15.5 Å². The maximum atomic E-state index is 13.0. The van der Waals surface area contributed by atoms with Crippen molar-refractivity contribution in [3.63, 3.8) is 0 Å². The smallest absolute Gasteiger partial charge is 0.381 e. The molecule has 0 heterocycles. The quantitative estimate of drug-likeness (QED) is 0.238. The molecule has 0 radical (unpaired) electrons. The minimum absolute atomic E-state index is 0.105. The summed E-state index contributed by atoms with van der Waals surface area (Å²) in [6.45, 7) is 4.76. The molecule has 1 atom stereocenters. The molecule has 0 aliphatic heterocycles. The molecule has 0 aromatic heterocycles. The number of rotatable bonds is 13. The molecule has 0 unspecified atom stereocenters. The van der Waals surface area contributed by atoms with E-state index in [1.165, 1.54) is 12.1 Å². The van der Waals surface area contributed by atoms with Crippen molar-refractivity contribution in [1.82, 2.24) is 0 Å². The number of hydrogen-bond donors (Lipinski definition) is 2. The van der Waals surface area contributed by atoms with Gasteiger partial charge in [0, 0.05) is 31.7 Å². The summed E-state index contributed by atoms with van der Waals surface area (Å²) in [5.74, 6) is -0.200. The summed E-state index contributed by atoms with van der Waals surface area (Å²) in [6, 6.07) is 10.5. The van der Waals surface area contributed by atoms with Gasteiger partial charge in [0.1, 0.15) is 12.8 Å². The minimum Gasteiger partial charge on any atom is -0.381 e. The van der Waals surface area contributed by atoms with E-state index < -0.39 is 24.6 Å². The van der Waals surface area contributed by atoms with Crippen molar-refractivity contribution in [2.75, 3.05) is 35.3 Å². The molecule has 0 aliphatic rings. The van der Waals surface area contributed by atoms with Crippen LogP contribution in [0.5, 0.6) is 0 Å². The van der Waals surface area contributed by atoms with Crippen molar-refractivity contribution >= 4 is 23.0 Å². The highest BCUT2D eigenvalue weighted by Crippen LogP contribution is 2.31. The second kappa shape index (κ2) is 13.2. The van der Waals surface area contributed by atoms with E-state index in [0.29, 0.717) is 43.7 Å². The lowest BCUT2D eigenvalue weighted by molar-refractivity contribution is -0.137. The summed E-state index contributed by atoms with van der Waals surface area (Å²) in [6.07, 6.45) is -4.61. The van der Waals surface area contributed by atoms with Crippen LogP contribution in [0.25, 0.3) is 0 Å². The van der Waals surface area contributed by atoms with E-state index in [9.17, 15) is 26.7 Å². The van der Waals surface area contributed by atoms with Gasteiger partial charge in [-0.05, 0) is 69.0 Å². The third-order valence-electron chi connectivity index (χ3n) is 5.49. The molecule has 0 fully saturated rings. The molecule has 2 aromatic carbocycles. The predicted octanol–water partition coefficient (Wildman–Crippen LogP) is 6.97. The van der Waals surface area contributed by atoms with Crippen LogP contribution < -0.4 is 15.5 Å². The Labute approximate surface area is 197 Å². The van der Waals surface area contributed by atoms with Gasteiger partial charge in [0.2, 0.25) is 5.91 Å². The van der Waals surface area contributed by atoms with E-state index >= 15 is 0 Å². The maximum absolute atomic E-state index is 13.0. The van der Waals surface area contributed by atoms with Crippen LogP contribution in [0, 0.1) is 0 Å². The van der Waals surface area contributed by atoms with Crippen LogP contribution in [0.1, 0.15) is 50.7 Å². The van der Waals surface area contributed by atoms with E-state index in [1.807, 2.05) is 19.9 Å². The Morgan fingerprint density at radius 1 is 1.03 bits per heavy atom. The van der Waals surface area contributed by atoms with Crippen LogP contribution in [0.3, 0.4) is 0 Å². The monoisotopic (exact) mass is 485 g/mol. The van der Waals surface area contributed by atoms with Gasteiger partial charge in [-0.1, -0.05) is 12.1 Å². The normalized spacial score (nSPS) is 12.3. The van der Waals surface area contributed by atoms with Gasteiger partial charge in [-0.25, -0.2) is 8.78 Å². The van der Waals surface area contributed by atoms with E-state index in [2.05, 4.69) is 15.5 Å². The third-order valence-corrected chi connectivity index (χ3v) is 5.49. The van der Waals surface area contributed by atoms with Crippen molar-refractivity contribution in [3.05, 3.63) is 53.6 Å². The molecule has 0 spiro atoms. The minimum atomic E-state index is -4.37. The zero-order chi connectivity index (χ0) is 25.1. The highest BCUT2D eigenvalue weighted by atomic mass is 19.4. The number of carbonyl (C=O) groups is 1. The molecule has 0 saturated carbocycles. The Hall–Kier alpha value is -2.84. The van der Waals surface area contributed by atoms with Crippen molar-refractivity contribution in [2.24, 2.45) is 0 Å². The van der Waals surface area contributed by atoms with Crippen molar-refractivity contribution in [2.45, 2.75) is 58.4 Å². The zero-order valence-electron chi connectivity index (χ0n) is 19.5. The molecule has 0 saturated heterocycles. The van der Waals surface area contributed by atoms with Gasteiger partial charge in [0.25, 0.3) is 0 Å². The highest BCUT2D eigenvalue weighted by molar-refractivity contribution is 5.95. The first-order chi connectivity index (χ1) is 16.2. The number of nitrogens with zero attached hydrogens (tertiary/aromatic N) is 1. The fraction of sp³-hybridized carbons (Fsp3) is 0.480. The number of anilines is 3. The maximum Gasteiger partial charge on any atom is 0.416 e. The Morgan fingerprint density at radius 2 is 1.71 bits per heavy atom. The number of hydrogen-bond acceptors (Lipinski definition) is 3. The largest absolute Gasteiger partial charge is 0.416 e. The Morgan fingerprint density at radius 3 is 2.29 bits per heavy atom. The third kappa shape index (κ3) is 8.50. The number of benzene rings is 2. The van der Waals surface area contributed by atoms with Crippen molar-refractivity contribution in [3.8, 4) is 0 Å². The molecule has 34 heavy (non-hydrogen) atoms. The van der Waals surface area contributed by atoms with Crippen LogP contribution in [-0.2, 0) is 17.5 Å². The summed E-state index contributed by atoms with van der Waals surface area (Å²) >= 11 is 0. The lowest BCUT2D eigenvalue weighted by atomic mass is 10.1. The Kier molecular flexibility index (Phi) is 10.6. The van der Waals surface area contributed by atoms with Gasteiger partial charge in [0.05, 0.1) is 16.9 Å². The molecule has 2 N–H and O–H groups in total. The van der Waals surface area contributed by atoms with Gasteiger partial charge in [0.15, 0.2) is 0 Å². The first kappa shape index (κ1) is 27.4. The molecule has 9 heteroatoms. The van der Waals surface area contributed by atoms with Crippen LogP contribution in [0.4, 0.5) is 39.0 Å². The van der Waals surface area contributed by atoms with Crippen molar-refractivity contribution in [1.29, 1.82) is 0 Å². The van der Waals surface area contributed by atoms with Crippen LogP contribution >= 0.6 is 0 Å². The summed E-state index contributed by atoms with van der Waals surface area (Å²) in [4.78, 5) is 14.5. The standard InChI is InChI=1S/C25H32F5N3O/c1-3-33(4-2)23-15-21(31-17-18-9-11-19(12-10-18)25(28,29)30)13-14-22(23)32-24(34)8-6-5-7-20(27)16-26/h9-15,20,31H,3-8,16-17H2,1-2H3,(H,32,34)/t20-/m0/s1. The molecule has 2 aromatic rings. The molecular formula is C25H32F5N3O. The van der Waals surface area contributed by atoms with Gasteiger partial charge in [-0.2, -0.15) is 13.2 Å². The second-order valence-corrected chi connectivity index (χ2v) is 8.00. The van der Waals surface area contributed by atoms with Crippen LogP contribution in [0.2, 0.25) is 0 Å². The molecule has 2 rings (SSSR count). The number of halogens is 5. The van der Waals surface area contributed by atoms with E-state index in [0.717, 1.165) is 23.5 Å². The van der Waals surface area contributed by atoms with Gasteiger partial charge in [-0.15, -0.1) is 0 Å². The van der Waals surface area contributed by atoms with E-state index in [-0.39, 0.29) is 18.7 Å². The van der Waals surface area contributed by atoms with E-state index in [1.54, 1.807) is 12.1 Å². The number of amides is 1. The number of carbonyl (C=O) groups excluding carboxylic acids is 1. The highest BCUT2D eigenvalue weighted by Gasteiger charge is 2.29. The lowest BCUT2D eigenvalue weighted by Gasteiger charge is -2.25. The van der Waals surface area contributed by atoms with Crippen LogP contribution in [0.15, 0.2) is 42.5 Å². The average molecular weight is 486 g/mol. The first-order valence-corrected chi connectivity index (χ1v) is 11.5. The predicted molar refractivity (Wildman–Crippen MR) is 127 cm³/mol. The summed E-state index contributed by atoms with van der Waals surface area (Å²) in [5, 5.41) is 6.11.